The van der Waals surface area contributed by atoms with Crippen LogP contribution in [0.1, 0.15) is 24.1 Å². The van der Waals surface area contributed by atoms with Crippen molar-refractivity contribution < 1.29 is 4.79 Å². The lowest BCUT2D eigenvalue weighted by Gasteiger charge is -2.28. The van der Waals surface area contributed by atoms with E-state index < -0.39 is 6.04 Å². The molecule has 3 rings (SSSR count). The van der Waals surface area contributed by atoms with Crippen LogP contribution in [0.5, 0.6) is 0 Å². The molecule has 0 heterocycles. The molecule has 1 amide bonds. The number of carbonyl (C=O) groups excluding carboxylic acids is 1. The molecule has 20 heavy (non-hydrogen) atoms. The summed E-state index contributed by atoms with van der Waals surface area (Å²) in [5.41, 5.74) is 10.5. The Morgan fingerprint density at radius 1 is 1.05 bits per heavy atom. The Bertz CT molecular complexity index is 618. The van der Waals surface area contributed by atoms with Crippen molar-refractivity contribution in [3.63, 3.8) is 0 Å². The smallest absolute Gasteiger partial charge is 0.239 e. The maximum atomic E-state index is 12.3. The number of hydrogen-bond acceptors (Lipinski definition) is 2. The van der Waals surface area contributed by atoms with Crippen molar-refractivity contribution in [1.82, 2.24) is 4.90 Å². The molecule has 0 bridgehead atoms. The van der Waals surface area contributed by atoms with Crippen LogP contribution in [-0.4, -0.2) is 23.9 Å². The second kappa shape index (κ2) is 4.76. The van der Waals surface area contributed by atoms with Gasteiger partial charge >= 0.3 is 0 Å². The Labute approximate surface area is 119 Å². The lowest BCUT2D eigenvalue weighted by molar-refractivity contribution is -0.132. The molecule has 0 fully saturated rings. The van der Waals surface area contributed by atoms with Gasteiger partial charge in [-0.25, -0.2) is 0 Å². The van der Waals surface area contributed by atoms with Crippen LogP contribution >= 0.6 is 0 Å². The van der Waals surface area contributed by atoms with E-state index in [0.29, 0.717) is 0 Å². The van der Waals surface area contributed by atoms with Gasteiger partial charge in [0.15, 0.2) is 0 Å². The Balaban J connectivity index is 2.14. The molecular weight excluding hydrogens is 248 g/mol. The summed E-state index contributed by atoms with van der Waals surface area (Å²) in [6.45, 7) is 1.73. The van der Waals surface area contributed by atoms with E-state index >= 15 is 0 Å². The van der Waals surface area contributed by atoms with E-state index in [9.17, 15) is 4.79 Å². The minimum Gasteiger partial charge on any atom is -0.333 e. The van der Waals surface area contributed by atoms with Gasteiger partial charge in [0.05, 0.1) is 12.1 Å². The summed E-state index contributed by atoms with van der Waals surface area (Å²) in [5.74, 6) is -0.0403. The van der Waals surface area contributed by atoms with Crippen LogP contribution in [0.25, 0.3) is 11.1 Å². The third-order valence-electron chi connectivity index (χ3n) is 3.93. The van der Waals surface area contributed by atoms with Gasteiger partial charge < -0.3 is 10.6 Å². The molecule has 0 radical (unpaired) electrons. The fraction of sp³-hybridized carbons (Fsp3) is 0.235. The Morgan fingerprint density at radius 3 is 1.95 bits per heavy atom. The molecule has 0 unspecified atom stereocenters. The Kier molecular flexibility index (Phi) is 3.07. The molecule has 1 aliphatic carbocycles. The van der Waals surface area contributed by atoms with Crippen LogP contribution in [0.3, 0.4) is 0 Å². The number of hydrogen-bond donors (Lipinski definition) is 1. The summed E-state index contributed by atoms with van der Waals surface area (Å²) in [6.07, 6.45) is 0. The standard InChI is InChI=1S/C17H18N2O/c1-11(18)17(20)19(2)16-14-9-5-3-7-12(14)13-8-4-6-10-15(13)16/h3-11,16H,18H2,1-2H3/t11-/m0/s1. The first-order valence-corrected chi connectivity index (χ1v) is 6.81. The van der Waals surface area contributed by atoms with Crippen molar-refractivity contribution >= 4 is 5.91 Å². The molecule has 2 aromatic carbocycles. The molecule has 0 saturated carbocycles. The van der Waals surface area contributed by atoms with Gasteiger partial charge in [-0.05, 0) is 29.2 Å². The van der Waals surface area contributed by atoms with Gasteiger partial charge in [-0.15, -0.1) is 0 Å². The molecule has 1 atom stereocenters. The summed E-state index contributed by atoms with van der Waals surface area (Å²) in [5, 5.41) is 0. The van der Waals surface area contributed by atoms with Crippen molar-refractivity contribution in [2.45, 2.75) is 19.0 Å². The number of fused-ring (bicyclic) bond motifs is 3. The zero-order valence-corrected chi connectivity index (χ0v) is 11.7. The second-order valence-corrected chi connectivity index (χ2v) is 5.31. The van der Waals surface area contributed by atoms with E-state index in [1.54, 1.807) is 11.8 Å². The van der Waals surface area contributed by atoms with Crippen molar-refractivity contribution in [2.75, 3.05) is 7.05 Å². The van der Waals surface area contributed by atoms with E-state index in [-0.39, 0.29) is 11.9 Å². The monoisotopic (exact) mass is 266 g/mol. The minimum absolute atomic E-state index is 0.0403. The first-order chi connectivity index (χ1) is 9.61. The molecule has 0 aromatic heterocycles. The lowest BCUT2D eigenvalue weighted by atomic mass is 10.0. The second-order valence-electron chi connectivity index (χ2n) is 5.31. The number of carbonyl (C=O) groups is 1. The summed E-state index contributed by atoms with van der Waals surface area (Å²) < 4.78 is 0. The predicted molar refractivity (Wildman–Crippen MR) is 80.1 cm³/mol. The Morgan fingerprint density at radius 2 is 1.50 bits per heavy atom. The van der Waals surface area contributed by atoms with Crippen molar-refractivity contribution in [2.24, 2.45) is 5.73 Å². The molecular formula is C17H18N2O. The molecule has 2 aromatic rings. The third-order valence-corrected chi connectivity index (χ3v) is 3.93. The number of nitrogens with two attached hydrogens (primary N) is 1. The van der Waals surface area contributed by atoms with Crippen molar-refractivity contribution in [3.8, 4) is 11.1 Å². The van der Waals surface area contributed by atoms with Gasteiger partial charge in [0.1, 0.15) is 0 Å². The maximum Gasteiger partial charge on any atom is 0.239 e. The van der Waals surface area contributed by atoms with E-state index in [1.165, 1.54) is 22.3 Å². The first kappa shape index (κ1) is 12.9. The number of rotatable bonds is 2. The summed E-state index contributed by atoms with van der Waals surface area (Å²) in [7, 11) is 1.83. The van der Waals surface area contributed by atoms with Crippen LogP contribution in [-0.2, 0) is 4.79 Å². The molecule has 0 aliphatic heterocycles. The highest BCUT2D eigenvalue weighted by molar-refractivity contribution is 5.85. The van der Waals surface area contributed by atoms with Gasteiger partial charge in [-0.1, -0.05) is 48.5 Å². The van der Waals surface area contributed by atoms with Crippen LogP contribution in [0, 0.1) is 0 Å². The van der Waals surface area contributed by atoms with Crippen molar-refractivity contribution in [1.29, 1.82) is 0 Å². The van der Waals surface area contributed by atoms with Crippen LogP contribution in [0.15, 0.2) is 48.5 Å². The molecule has 1 aliphatic rings. The highest BCUT2D eigenvalue weighted by atomic mass is 16.2. The van der Waals surface area contributed by atoms with Gasteiger partial charge in [-0.3, -0.25) is 4.79 Å². The van der Waals surface area contributed by atoms with E-state index in [1.807, 2.05) is 31.3 Å². The summed E-state index contributed by atoms with van der Waals surface area (Å²) >= 11 is 0. The van der Waals surface area contributed by atoms with E-state index in [4.69, 9.17) is 5.73 Å². The highest BCUT2D eigenvalue weighted by Gasteiger charge is 2.33. The average Bonchev–Trinajstić information content (AvgIpc) is 2.80. The molecule has 102 valence electrons. The fourth-order valence-corrected chi connectivity index (χ4v) is 2.99. The normalized spacial score (nSPS) is 14.6. The van der Waals surface area contributed by atoms with Crippen LogP contribution in [0.4, 0.5) is 0 Å². The van der Waals surface area contributed by atoms with E-state index in [2.05, 4.69) is 24.3 Å². The van der Waals surface area contributed by atoms with Gasteiger partial charge in [0.2, 0.25) is 5.91 Å². The predicted octanol–water partition coefficient (Wildman–Crippen LogP) is 2.56. The van der Waals surface area contributed by atoms with Crippen LogP contribution < -0.4 is 5.73 Å². The molecule has 2 N–H and O–H groups in total. The van der Waals surface area contributed by atoms with Gasteiger partial charge in [0.25, 0.3) is 0 Å². The summed E-state index contributed by atoms with van der Waals surface area (Å²) in [4.78, 5) is 14.0. The number of nitrogens with zero attached hydrogens (tertiary/aromatic N) is 1. The largest absolute Gasteiger partial charge is 0.333 e. The fourth-order valence-electron chi connectivity index (χ4n) is 2.99. The van der Waals surface area contributed by atoms with Gasteiger partial charge in [0, 0.05) is 7.05 Å². The topological polar surface area (TPSA) is 46.3 Å². The third kappa shape index (κ3) is 1.82. The number of benzene rings is 2. The quantitative estimate of drug-likeness (QED) is 0.908. The molecule has 0 spiro atoms. The van der Waals surface area contributed by atoms with Crippen molar-refractivity contribution in [3.05, 3.63) is 59.7 Å². The maximum absolute atomic E-state index is 12.3. The number of likely N-dealkylation sites (N-methyl/N-ethyl adjacent to an activating group) is 1. The lowest BCUT2D eigenvalue weighted by Crippen LogP contribution is -2.41. The first-order valence-electron chi connectivity index (χ1n) is 6.81. The number of amides is 1. The van der Waals surface area contributed by atoms with Gasteiger partial charge in [-0.2, -0.15) is 0 Å². The zero-order valence-electron chi connectivity index (χ0n) is 11.7. The SMILES string of the molecule is C[C@H](N)C(=O)N(C)C1c2ccccc2-c2ccccc21. The molecule has 3 nitrogen and oxygen atoms in total. The average molecular weight is 266 g/mol. The zero-order chi connectivity index (χ0) is 14.3. The minimum atomic E-state index is -0.486. The Hall–Kier alpha value is -2.13. The summed E-state index contributed by atoms with van der Waals surface area (Å²) in [6, 6.07) is 16.0. The molecule has 0 saturated heterocycles. The van der Waals surface area contributed by atoms with Crippen LogP contribution in [0.2, 0.25) is 0 Å². The van der Waals surface area contributed by atoms with E-state index in [0.717, 1.165) is 0 Å². The molecule has 3 heteroatoms. The highest BCUT2D eigenvalue weighted by Crippen LogP contribution is 2.45.